The van der Waals surface area contributed by atoms with Gasteiger partial charge in [0, 0.05) is 6.54 Å². The molecule has 1 atom stereocenters. The van der Waals surface area contributed by atoms with Crippen molar-refractivity contribution < 1.29 is 9.47 Å². The van der Waals surface area contributed by atoms with Crippen molar-refractivity contribution in [2.45, 2.75) is 83.5 Å². The number of hydrogen-bond donors (Lipinski definition) is 0. The zero-order chi connectivity index (χ0) is 25.5. The number of likely N-dealkylation sites (N-methyl/N-ethyl adjacent to an activating group) is 1. The van der Waals surface area contributed by atoms with Crippen LogP contribution in [-0.2, 0) is 11.8 Å². The van der Waals surface area contributed by atoms with Crippen molar-refractivity contribution in [3.8, 4) is 17.6 Å². The maximum Gasteiger partial charge on any atom is 0.160 e. The molecule has 0 amide bonds. The molecule has 2 rings (SSSR count). The van der Waals surface area contributed by atoms with E-state index in [1.54, 1.807) is 14.2 Å². The Morgan fingerprint density at radius 1 is 0.857 bits per heavy atom. The highest BCUT2D eigenvalue weighted by atomic mass is 16.5. The first-order valence-corrected chi connectivity index (χ1v) is 13.4. The Labute approximate surface area is 214 Å². The molecule has 0 saturated heterocycles. The summed E-state index contributed by atoms with van der Waals surface area (Å²) < 4.78 is 10.8. The second-order valence-electron chi connectivity index (χ2n) is 9.87. The molecule has 4 heteroatoms. The largest absolute Gasteiger partial charge is 0.493 e. The first-order valence-electron chi connectivity index (χ1n) is 13.4. The molecular formula is C31H46N2O2. The maximum absolute atomic E-state index is 10.4. The summed E-state index contributed by atoms with van der Waals surface area (Å²) >= 11 is 0. The fraction of sp³-hybridized carbons (Fsp3) is 0.581. The molecule has 0 radical (unpaired) electrons. The minimum Gasteiger partial charge on any atom is -0.493 e. The SMILES string of the molecule is CCCCCCCCC(C#N)(CCCN(C)CCc1ccc(OC)c(OC)c1)c1ccccc1C. The summed E-state index contributed by atoms with van der Waals surface area (Å²) in [5.74, 6) is 1.54. The van der Waals surface area contributed by atoms with E-state index in [4.69, 9.17) is 9.47 Å². The Kier molecular flexibility index (Phi) is 12.7. The number of methoxy groups -OCH3 is 2. The van der Waals surface area contributed by atoms with Crippen LogP contribution >= 0.6 is 0 Å². The number of aryl methyl sites for hydroxylation is 1. The van der Waals surface area contributed by atoms with Crippen molar-refractivity contribution in [3.63, 3.8) is 0 Å². The highest BCUT2D eigenvalue weighted by molar-refractivity contribution is 5.43. The van der Waals surface area contributed by atoms with Gasteiger partial charge in [-0.15, -0.1) is 0 Å². The maximum atomic E-state index is 10.4. The molecule has 1 unspecified atom stereocenters. The Hall–Kier alpha value is -2.51. The van der Waals surface area contributed by atoms with E-state index in [0.717, 1.165) is 56.7 Å². The van der Waals surface area contributed by atoms with E-state index >= 15 is 0 Å². The summed E-state index contributed by atoms with van der Waals surface area (Å²) in [7, 11) is 5.52. The topological polar surface area (TPSA) is 45.5 Å². The predicted molar refractivity (Wildman–Crippen MR) is 146 cm³/mol. The van der Waals surface area contributed by atoms with Gasteiger partial charge in [-0.05, 0) is 75.0 Å². The summed E-state index contributed by atoms with van der Waals surface area (Å²) in [6.45, 7) is 6.36. The lowest BCUT2D eigenvalue weighted by atomic mass is 9.72. The Balaban J connectivity index is 1.95. The van der Waals surface area contributed by atoms with Crippen LogP contribution in [0.25, 0.3) is 0 Å². The van der Waals surface area contributed by atoms with E-state index in [9.17, 15) is 5.26 Å². The van der Waals surface area contributed by atoms with Gasteiger partial charge in [0.05, 0.1) is 25.7 Å². The molecule has 2 aromatic carbocycles. The molecule has 0 aliphatic rings. The lowest BCUT2D eigenvalue weighted by Gasteiger charge is -2.30. The smallest absolute Gasteiger partial charge is 0.160 e. The number of ether oxygens (including phenoxy) is 2. The average molecular weight is 479 g/mol. The monoisotopic (exact) mass is 478 g/mol. The molecule has 0 aliphatic heterocycles. The first-order chi connectivity index (χ1) is 17.0. The highest BCUT2D eigenvalue weighted by Gasteiger charge is 2.32. The molecule has 0 bridgehead atoms. The zero-order valence-corrected chi connectivity index (χ0v) is 22.7. The van der Waals surface area contributed by atoms with Crippen LogP contribution in [0.3, 0.4) is 0 Å². The predicted octanol–water partition coefficient (Wildman–Crippen LogP) is 7.48. The van der Waals surface area contributed by atoms with Gasteiger partial charge in [-0.25, -0.2) is 0 Å². The Bertz CT molecular complexity index is 920. The molecule has 2 aromatic rings. The summed E-state index contributed by atoms with van der Waals surface area (Å²) in [6, 6.07) is 17.4. The molecule has 0 aromatic heterocycles. The van der Waals surface area contributed by atoms with Crippen LogP contribution in [0.5, 0.6) is 11.5 Å². The van der Waals surface area contributed by atoms with Crippen molar-refractivity contribution in [1.82, 2.24) is 4.90 Å². The number of nitriles is 1. The summed E-state index contributed by atoms with van der Waals surface area (Å²) in [5.41, 5.74) is 3.31. The van der Waals surface area contributed by atoms with Crippen LogP contribution in [0.4, 0.5) is 0 Å². The van der Waals surface area contributed by atoms with Gasteiger partial charge in [0.1, 0.15) is 0 Å². The third-order valence-electron chi connectivity index (χ3n) is 7.21. The molecule has 0 saturated carbocycles. The van der Waals surface area contributed by atoms with E-state index in [-0.39, 0.29) is 5.41 Å². The highest BCUT2D eigenvalue weighted by Crippen LogP contribution is 2.36. The van der Waals surface area contributed by atoms with E-state index in [2.05, 4.69) is 68.3 Å². The normalized spacial score (nSPS) is 12.8. The standard InChI is InChI=1S/C31H46N2O2/c1-6-7-8-9-10-13-20-31(25-32,28-16-12-11-15-26(28)2)21-14-22-33(3)23-19-27-17-18-29(34-4)30(24-27)35-5/h11-12,15-18,24H,6-10,13-14,19-23H2,1-5H3. The van der Waals surface area contributed by atoms with Crippen LogP contribution in [0.2, 0.25) is 0 Å². The van der Waals surface area contributed by atoms with Gasteiger partial charge in [0.25, 0.3) is 0 Å². The minimum absolute atomic E-state index is 0.389. The van der Waals surface area contributed by atoms with Crippen molar-refractivity contribution in [2.75, 3.05) is 34.4 Å². The second kappa shape index (κ2) is 15.5. The number of benzene rings is 2. The number of unbranched alkanes of at least 4 members (excludes halogenated alkanes) is 5. The van der Waals surface area contributed by atoms with Gasteiger partial charge < -0.3 is 14.4 Å². The molecule has 192 valence electrons. The molecular weight excluding hydrogens is 432 g/mol. The van der Waals surface area contributed by atoms with Crippen LogP contribution in [0.1, 0.15) is 81.4 Å². The molecule has 35 heavy (non-hydrogen) atoms. The van der Waals surface area contributed by atoms with Crippen LogP contribution in [-0.4, -0.2) is 39.3 Å². The molecule has 0 spiro atoms. The fourth-order valence-electron chi connectivity index (χ4n) is 5.00. The van der Waals surface area contributed by atoms with Crippen molar-refractivity contribution >= 4 is 0 Å². The molecule has 0 N–H and O–H groups in total. The number of nitrogens with zero attached hydrogens (tertiary/aromatic N) is 2. The van der Waals surface area contributed by atoms with Crippen LogP contribution in [0, 0.1) is 18.3 Å². The van der Waals surface area contributed by atoms with E-state index in [1.807, 2.05) is 6.07 Å². The van der Waals surface area contributed by atoms with Gasteiger partial charge >= 0.3 is 0 Å². The zero-order valence-electron chi connectivity index (χ0n) is 22.7. The van der Waals surface area contributed by atoms with Gasteiger partial charge in [-0.1, -0.05) is 75.8 Å². The van der Waals surface area contributed by atoms with E-state index in [0.29, 0.717) is 0 Å². The van der Waals surface area contributed by atoms with Crippen LogP contribution < -0.4 is 9.47 Å². The lowest BCUT2D eigenvalue weighted by Crippen LogP contribution is -2.29. The number of hydrogen-bond acceptors (Lipinski definition) is 4. The van der Waals surface area contributed by atoms with E-state index in [1.165, 1.54) is 48.8 Å². The summed E-state index contributed by atoms with van der Waals surface area (Å²) in [6.07, 6.45) is 11.4. The van der Waals surface area contributed by atoms with Crippen molar-refractivity contribution in [3.05, 3.63) is 59.2 Å². The Morgan fingerprint density at radius 2 is 1.54 bits per heavy atom. The van der Waals surface area contributed by atoms with E-state index < -0.39 is 0 Å². The molecule has 0 heterocycles. The Morgan fingerprint density at radius 3 is 2.23 bits per heavy atom. The third-order valence-corrected chi connectivity index (χ3v) is 7.21. The minimum atomic E-state index is -0.389. The summed E-state index contributed by atoms with van der Waals surface area (Å²) in [5, 5.41) is 10.4. The van der Waals surface area contributed by atoms with Crippen molar-refractivity contribution in [1.29, 1.82) is 5.26 Å². The quantitative estimate of drug-likeness (QED) is 0.221. The van der Waals surface area contributed by atoms with Gasteiger partial charge in [0.2, 0.25) is 0 Å². The average Bonchev–Trinajstić information content (AvgIpc) is 2.88. The van der Waals surface area contributed by atoms with Gasteiger partial charge in [-0.3, -0.25) is 0 Å². The van der Waals surface area contributed by atoms with Crippen molar-refractivity contribution in [2.24, 2.45) is 0 Å². The van der Waals surface area contributed by atoms with Crippen LogP contribution in [0.15, 0.2) is 42.5 Å². The number of rotatable bonds is 17. The second-order valence-corrected chi connectivity index (χ2v) is 9.87. The first kappa shape index (κ1) is 28.7. The van der Waals surface area contributed by atoms with Gasteiger partial charge in [0.15, 0.2) is 11.5 Å². The molecule has 0 aliphatic carbocycles. The summed E-state index contributed by atoms with van der Waals surface area (Å²) in [4.78, 5) is 2.38. The van der Waals surface area contributed by atoms with Gasteiger partial charge in [-0.2, -0.15) is 5.26 Å². The lowest BCUT2D eigenvalue weighted by molar-refractivity contribution is 0.309. The molecule has 0 fully saturated rings. The fourth-order valence-corrected chi connectivity index (χ4v) is 5.00. The third kappa shape index (κ3) is 8.89. The molecule has 4 nitrogen and oxygen atoms in total.